The highest BCUT2D eigenvalue weighted by atomic mass is 35.5. The molecule has 92 valence electrons. The molecule has 1 nitrogen and oxygen atoms in total. The highest BCUT2D eigenvalue weighted by Crippen LogP contribution is 2.27. The third-order valence-electron chi connectivity index (χ3n) is 3.05. The van der Waals surface area contributed by atoms with Gasteiger partial charge in [0.15, 0.2) is 0 Å². The van der Waals surface area contributed by atoms with E-state index >= 15 is 0 Å². The minimum Gasteiger partial charge on any atom is -0.298 e. The molecule has 0 spiro atoms. The van der Waals surface area contributed by atoms with Crippen molar-refractivity contribution in [3.63, 3.8) is 0 Å². The number of aryl methyl sites for hydroxylation is 1. The zero-order chi connectivity index (χ0) is 12.3. The van der Waals surface area contributed by atoms with Crippen molar-refractivity contribution in [2.45, 2.75) is 20.4 Å². The van der Waals surface area contributed by atoms with E-state index in [0.717, 1.165) is 19.6 Å². The summed E-state index contributed by atoms with van der Waals surface area (Å²) in [7, 11) is 0. The molecular weight excluding hydrogens is 250 g/mol. The Morgan fingerprint density at radius 1 is 1.35 bits per heavy atom. The molecule has 0 aliphatic carbocycles. The van der Waals surface area contributed by atoms with Gasteiger partial charge in [0.25, 0.3) is 0 Å². The Kier molecular flexibility index (Phi) is 4.43. The Balaban J connectivity index is 2.23. The first kappa shape index (κ1) is 12.9. The molecule has 3 heteroatoms. The Morgan fingerprint density at radius 2 is 2.18 bits per heavy atom. The summed E-state index contributed by atoms with van der Waals surface area (Å²) < 4.78 is 1.39. The summed E-state index contributed by atoms with van der Waals surface area (Å²) in [5.74, 6) is 0.703. The van der Waals surface area contributed by atoms with Gasteiger partial charge in [-0.15, -0.1) is 22.9 Å². The molecule has 0 radical (unpaired) electrons. The van der Waals surface area contributed by atoms with Crippen LogP contribution < -0.4 is 0 Å². The first-order chi connectivity index (χ1) is 8.24. The minimum atomic E-state index is 0.703. The van der Waals surface area contributed by atoms with E-state index in [1.54, 1.807) is 0 Å². The fraction of sp³-hybridized carbons (Fsp3) is 0.429. The lowest BCUT2D eigenvalue weighted by Crippen LogP contribution is -2.24. The second kappa shape index (κ2) is 5.85. The molecule has 2 aromatic rings. The van der Waals surface area contributed by atoms with Gasteiger partial charge < -0.3 is 0 Å². The summed E-state index contributed by atoms with van der Waals surface area (Å²) >= 11 is 7.65. The van der Waals surface area contributed by atoms with Crippen LogP contribution >= 0.6 is 22.9 Å². The number of nitrogens with zero attached hydrogens (tertiary/aromatic N) is 1. The van der Waals surface area contributed by atoms with Crippen molar-refractivity contribution in [1.82, 2.24) is 4.90 Å². The Morgan fingerprint density at radius 3 is 2.88 bits per heavy atom. The fourth-order valence-corrected chi connectivity index (χ4v) is 3.31. The maximum Gasteiger partial charge on any atom is 0.0351 e. The van der Waals surface area contributed by atoms with E-state index in [1.165, 1.54) is 21.2 Å². The number of benzene rings is 1. The van der Waals surface area contributed by atoms with Crippen LogP contribution in [-0.4, -0.2) is 23.9 Å². The van der Waals surface area contributed by atoms with Crippen molar-refractivity contribution in [3.8, 4) is 0 Å². The third-order valence-corrected chi connectivity index (χ3v) is 4.22. The van der Waals surface area contributed by atoms with E-state index in [9.17, 15) is 0 Å². The Labute approximate surface area is 112 Å². The predicted molar refractivity (Wildman–Crippen MR) is 78.2 cm³/mol. The largest absolute Gasteiger partial charge is 0.298 e. The van der Waals surface area contributed by atoms with E-state index in [-0.39, 0.29) is 0 Å². The summed E-state index contributed by atoms with van der Waals surface area (Å²) in [6.45, 7) is 7.35. The van der Waals surface area contributed by atoms with E-state index in [1.807, 2.05) is 11.3 Å². The second-order valence-corrected chi connectivity index (χ2v) is 5.61. The van der Waals surface area contributed by atoms with Gasteiger partial charge in [-0.05, 0) is 41.4 Å². The van der Waals surface area contributed by atoms with Gasteiger partial charge in [0.1, 0.15) is 0 Å². The molecule has 0 bridgehead atoms. The lowest BCUT2D eigenvalue weighted by Gasteiger charge is -2.18. The van der Waals surface area contributed by atoms with Crippen LogP contribution in [0.1, 0.15) is 18.1 Å². The predicted octanol–water partition coefficient (Wildman–Crippen LogP) is 4.27. The molecule has 0 aliphatic heterocycles. The van der Waals surface area contributed by atoms with Crippen molar-refractivity contribution < 1.29 is 0 Å². The highest BCUT2D eigenvalue weighted by molar-refractivity contribution is 7.17. The van der Waals surface area contributed by atoms with Crippen molar-refractivity contribution in [1.29, 1.82) is 0 Å². The molecule has 0 saturated carbocycles. The first-order valence-corrected chi connectivity index (χ1v) is 7.41. The molecule has 1 aromatic heterocycles. The number of rotatable bonds is 5. The van der Waals surface area contributed by atoms with Gasteiger partial charge in [0, 0.05) is 23.7 Å². The zero-order valence-electron chi connectivity index (χ0n) is 10.4. The molecule has 1 aromatic carbocycles. The van der Waals surface area contributed by atoms with E-state index in [0.29, 0.717) is 5.88 Å². The number of halogens is 1. The number of thiophene rings is 1. The molecule has 0 saturated heterocycles. The average molecular weight is 268 g/mol. The normalized spacial score (nSPS) is 11.5. The standard InChI is InChI=1S/C14H18ClNS/c1-3-16(7-6-15)9-12-10-17-14-8-11(2)4-5-13(12)14/h4-5,8,10H,3,6-7,9H2,1-2H3. The van der Waals surface area contributed by atoms with Gasteiger partial charge in [-0.1, -0.05) is 19.1 Å². The quantitative estimate of drug-likeness (QED) is 0.732. The van der Waals surface area contributed by atoms with Crippen LogP contribution in [0.3, 0.4) is 0 Å². The van der Waals surface area contributed by atoms with E-state index in [2.05, 4.69) is 42.3 Å². The zero-order valence-corrected chi connectivity index (χ0v) is 11.9. The summed E-state index contributed by atoms with van der Waals surface area (Å²) in [4.78, 5) is 2.38. The summed E-state index contributed by atoms with van der Waals surface area (Å²) in [6.07, 6.45) is 0. The Bertz CT molecular complexity index is 492. The van der Waals surface area contributed by atoms with Crippen LogP contribution in [0.4, 0.5) is 0 Å². The number of alkyl halides is 1. The lowest BCUT2D eigenvalue weighted by atomic mass is 10.1. The monoisotopic (exact) mass is 267 g/mol. The van der Waals surface area contributed by atoms with Crippen LogP contribution in [0.2, 0.25) is 0 Å². The molecule has 0 unspecified atom stereocenters. The van der Waals surface area contributed by atoms with Gasteiger partial charge in [-0.2, -0.15) is 0 Å². The molecule has 17 heavy (non-hydrogen) atoms. The molecule has 2 rings (SSSR count). The highest BCUT2D eigenvalue weighted by Gasteiger charge is 2.08. The molecule has 0 N–H and O–H groups in total. The van der Waals surface area contributed by atoms with E-state index in [4.69, 9.17) is 11.6 Å². The number of fused-ring (bicyclic) bond motifs is 1. The maximum absolute atomic E-state index is 5.82. The summed E-state index contributed by atoms with van der Waals surface area (Å²) in [5, 5.41) is 3.68. The van der Waals surface area contributed by atoms with Crippen LogP contribution in [0.15, 0.2) is 23.6 Å². The Hall–Kier alpha value is -0.570. The number of hydrogen-bond donors (Lipinski definition) is 0. The maximum atomic E-state index is 5.82. The van der Waals surface area contributed by atoms with Crippen molar-refractivity contribution >= 4 is 33.0 Å². The summed E-state index contributed by atoms with van der Waals surface area (Å²) in [5.41, 5.74) is 2.76. The molecule has 0 amide bonds. The third kappa shape index (κ3) is 3.01. The van der Waals surface area contributed by atoms with Crippen molar-refractivity contribution in [2.24, 2.45) is 0 Å². The van der Waals surface area contributed by atoms with E-state index < -0.39 is 0 Å². The van der Waals surface area contributed by atoms with Gasteiger partial charge >= 0.3 is 0 Å². The summed E-state index contributed by atoms with van der Waals surface area (Å²) in [6, 6.07) is 6.70. The molecular formula is C14H18ClNS. The van der Waals surface area contributed by atoms with Gasteiger partial charge in [0.2, 0.25) is 0 Å². The van der Waals surface area contributed by atoms with Gasteiger partial charge in [0.05, 0.1) is 0 Å². The van der Waals surface area contributed by atoms with Crippen LogP contribution in [0.25, 0.3) is 10.1 Å². The minimum absolute atomic E-state index is 0.703. The average Bonchev–Trinajstić information content (AvgIpc) is 2.71. The van der Waals surface area contributed by atoms with Crippen molar-refractivity contribution in [2.75, 3.05) is 19.0 Å². The smallest absolute Gasteiger partial charge is 0.0351 e. The van der Waals surface area contributed by atoms with Crippen LogP contribution in [0, 0.1) is 6.92 Å². The lowest BCUT2D eigenvalue weighted by molar-refractivity contribution is 0.299. The van der Waals surface area contributed by atoms with Crippen LogP contribution in [-0.2, 0) is 6.54 Å². The first-order valence-electron chi connectivity index (χ1n) is 5.99. The molecule has 0 aliphatic rings. The molecule has 0 atom stereocenters. The SMILES string of the molecule is CCN(CCCl)Cc1csc2cc(C)ccc12. The van der Waals surface area contributed by atoms with Crippen LogP contribution in [0.5, 0.6) is 0 Å². The topological polar surface area (TPSA) is 3.24 Å². The van der Waals surface area contributed by atoms with Gasteiger partial charge in [-0.25, -0.2) is 0 Å². The fourth-order valence-electron chi connectivity index (χ4n) is 2.02. The van der Waals surface area contributed by atoms with Crippen molar-refractivity contribution in [3.05, 3.63) is 34.7 Å². The molecule has 1 heterocycles. The second-order valence-electron chi connectivity index (χ2n) is 4.32. The molecule has 0 fully saturated rings. The van der Waals surface area contributed by atoms with Gasteiger partial charge in [-0.3, -0.25) is 4.90 Å². The number of hydrogen-bond acceptors (Lipinski definition) is 2.